The van der Waals surface area contributed by atoms with Crippen LogP contribution in [0, 0.1) is 0 Å². The van der Waals surface area contributed by atoms with Crippen LogP contribution in [0.15, 0.2) is 47.5 Å². The maximum atomic E-state index is 12.4. The Labute approximate surface area is 124 Å². The van der Waals surface area contributed by atoms with Crippen LogP contribution in [0.5, 0.6) is 5.75 Å². The zero-order chi connectivity index (χ0) is 16.2. The molecule has 6 nitrogen and oxygen atoms in total. The van der Waals surface area contributed by atoms with Gasteiger partial charge in [-0.25, -0.2) is 13.2 Å². The Morgan fingerprint density at radius 2 is 2.05 bits per heavy atom. The van der Waals surface area contributed by atoms with E-state index in [1.54, 1.807) is 19.1 Å². The molecule has 0 atom stereocenters. The van der Waals surface area contributed by atoms with E-state index in [4.69, 9.17) is 0 Å². The molecule has 0 radical (unpaired) electrons. The number of likely N-dealkylation sites (N-methyl/N-ethyl adjacent to an activating group) is 1. The summed E-state index contributed by atoms with van der Waals surface area (Å²) in [5.41, 5.74) is 0.0498. The highest BCUT2D eigenvalue weighted by Crippen LogP contribution is 2.25. The van der Waals surface area contributed by atoms with Gasteiger partial charge in [-0.2, -0.15) is 0 Å². The number of carbonyl (C=O) groups excluding carboxylic acids is 1. The van der Waals surface area contributed by atoms with Crippen LogP contribution in [-0.2, 0) is 14.8 Å². The van der Waals surface area contributed by atoms with E-state index in [9.17, 15) is 18.3 Å². The van der Waals surface area contributed by atoms with Crippen molar-refractivity contribution in [1.29, 1.82) is 0 Å². The summed E-state index contributed by atoms with van der Waals surface area (Å²) in [7, 11) is -1.39. The van der Waals surface area contributed by atoms with E-state index in [0.717, 1.165) is 23.5 Å². The number of hydrogen-bond donors (Lipinski definition) is 1. The average molecular weight is 311 g/mol. The zero-order valence-corrected chi connectivity index (χ0v) is 12.8. The normalized spacial score (nSPS) is 11.4. The number of phenolic OH excluding ortho intramolecular Hbond substituents is 1. The smallest absolute Gasteiger partial charge is 0.341 e. The molecule has 0 fully saturated rings. The van der Waals surface area contributed by atoms with Crippen LogP contribution >= 0.6 is 0 Å². The summed E-state index contributed by atoms with van der Waals surface area (Å²) in [4.78, 5) is 11.4. The second kappa shape index (κ2) is 6.45. The first-order valence-electron chi connectivity index (χ1n) is 5.97. The lowest BCUT2D eigenvalue weighted by molar-refractivity contribution is 0.0597. The molecule has 1 rings (SSSR count). The predicted octanol–water partition coefficient (Wildman–Crippen LogP) is 1.89. The Morgan fingerprint density at radius 3 is 2.57 bits per heavy atom. The van der Waals surface area contributed by atoms with Gasteiger partial charge in [-0.05, 0) is 31.2 Å². The van der Waals surface area contributed by atoms with Gasteiger partial charge in [-0.15, -0.1) is 0 Å². The fraction of sp³-hybridized carbons (Fsp3) is 0.214. The number of nitrogens with zero attached hydrogens (tertiary/aromatic N) is 1. The van der Waals surface area contributed by atoms with Gasteiger partial charge in [-0.3, -0.25) is 4.31 Å². The molecular weight excluding hydrogens is 294 g/mol. The Kier molecular flexibility index (Phi) is 5.15. The highest BCUT2D eigenvalue weighted by molar-refractivity contribution is 7.89. The maximum Gasteiger partial charge on any atom is 0.341 e. The first-order valence-corrected chi connectivity index (χ1v) is 7.41. The molecule has 1 aromatic carbocycles. The number of ether oxygens (including phenoxy) is 1. The summed E-state index contributed by atoms with van der Waals surface area (Å²) in [6, 6.07) is 3.40. The van der Waals surface area contributed by atoms with Crippen LogP contribution in [0.4, 0.5) is 0 Å². The van der Waals surface area contributed by atoms with Crippen LogP contribution in [0.3, 0.4) is 0 Å². The van der Waals surface area contributed by atoms with E-state index in [1.165, 1.54) is 13.1 Å². The predicted molar refractivity (Wildman–Crippen MR) is 78.3 cm³/mol. The van der Waals surface area contributed by atoms with Gasteiger partial charge in [0, 0.05) is 12.7 Å². The van der Waals surface area contributed by atoms with E-state index in [-0.39, 0.29) is 21.9 Å². The molecule has 0 aromatic heterocycles. The number of esters is 1. The lowest BCUT2D eigenvalue weighted by atomic mass is 10.2. The zero-order valence-electron chi connectivity index (χ0n) is 12.0. The molecule has 0 saturated heterocycles. The van der Waals surface area contributed by atoms with Crippen LogP contribution in [0.1, 0.15) is 17.3 Å². The van der Waals surface area contributed by atoms with Gasteiger partial charge in [-0.1, -0.05) is 12.7 Å². The minimum Gasteiger partial charge on any atom is -0.507 e. The number of methoxy groups -OCH3 is 1. The highest BCUT2D eigenvalue weighted by atomic mass is 32.2. The molecule has 7 heteroatoms. The van der Waals surface area contributed by atoms with Crippen molar-refractivity contribution in [3.63, 3.8) is 0 Å². The topological polar surface area (TPSA) is 83.9 Å². The number of aromatic hydroxyl groups is 1. The molecule has 0 heterocycles. The number of phenols is 1. The molecule has 0 unspecified atom stereocenters. The molecular formula is C14H17NO5S. The molecule has 0 aliphatic rings. The molecule has 0 aliphatic heterocycles. The summed E-state index contributed by atoms with van der Waals surface area (Å²) in [6.45, 7) is 5.38. The van der Waals surface area contributed by atoms with Crippen molar-refractivity contribution in [2.45, 2.75) is 11.8 Å². The van der Waals surface area contributed by atoms with Crippen LogP contribution < -0.4 is 0 Å². The summed E-state index contributed by atoms with van der Waals surface area (Å²) < 4.78 is 30.3. The van der Waals surface area contributed by atoms with Crippen molar-refractivity contribution in [2.75, 3.05) is 14.2 Å². The standard InChI is InChI=1S/C14H17NO5S/c1-5-6-10(2)15(3)21(18,19)11-7-8-13(16)12(9-11)14(17)20-4/h5-9,16H,2H2,1,3-4H3/b6-5-. The third-order valence-corrected chi connectivity index (χ3v) is 4.60. The first kappa shape index (κ1) is 16.8. The number of rotatable bonds is 5. The fourth-order valence-corrected chi connectivity index (χ4v) is 2.75. The Hall–Kier alpha value is -2.28. The molecule has 1 N–H and O–H groups in total. The first-order chi connectivity index (χ1) is 9.75. The third kappa shape index (κ3) is 3.43. The van der Waals surface area contributed by atoms with E-state index >= 15 is 0 Å². The summed E-state index contributed by atoms with van der Waals surface area (Å²) in [5.74, 6) is -1.17. The SMILES string of the molecule is C=C(/C=C\C)N(C)S(=O)(=O)c1ccc(O)c(C(=O)OC)c1. The summed E-state index contributed by atoms with van der Waals surface area (Å²) in [5, 5.41) is 9.60. The number of carbonyl (C=O) groups is 1. The number of hydrogen-bond acceptors (Lipinski definition) is 5. The average Bonchev–Trinajstić information content (AvgIpc) is 2.46. The van der Waals surface area contributed by atoms with Gasteiger partial charge in [0.05, 0.1) is 12.0 Å². The van der Waals surface area contributed by atoms with E-state index in [1.807, 2.05) is 0 Å². The second-order valence-electron chi connectivity index (χ2n) is 4.13. The van der Waals surface area contributed by atoms with Crippen LogP contribution in [-0.4, -0.2) is 38.0 Å². The number of sulfonamides is 1. The minimum atomic E-state index is -3.88. The molecule has 21 heavy (non-hydrogen) atoms. The van der Waals surface area contributed by atoms with Gasteiger partial charge >= 0.3 is 5.97 Å². The lowest BCUT2D eigenvalue weighted by Crippen LogP contribution is -2.25. The van der Waals surface area contributed by atoms with Gasteiger partial charge in [0.15, 0.2) is 0 Å². The van der Waals surface area contributed by atoms with Gasteiger partial charge < -0.3 is 9.84 Å². The Bertz CT molecular complexity index is 691. The van der Waals surface area contributed by atoms with Crippen molar-refractivity contribution < 1.29 is 23.1 Å². The van der Waals surface area contributed by atoms with Crippen LogP contribution in [0.2, 0.25) is 0 Å². The Morgan fingerprint density at radius 1 is 1.43 bits per heavy atom. The van der Waals surface area contributed by atoms with E-state index in [2.05, 4.69) is 11.3 Å². The van der Waals surface area contributed by atoms with E-state index in [0.29, 0.717) is 0 Å². The molecule has 0 bridgehead atoms. The van der Waals surface area contributed by atoms with Crippen molar-refractivity contribution in [3.8, 4) is 5.75 Å². The lowest BCUT2D eigenvalue weighted by Gasteiger charge is -2.20. The van der Waals surface area contributed by atoms with Crippen LogP contribution in [0.25, 0.3) is 0 Å². The minimum absolute atomic E-state index is 0.145. The van der Waals surface area contributed by atoms with E-state index < -0.39 is 16.0 Å². The third-order valence-electron chi connectivity index (χ3n) is 2.80. The van der Waals surface area contributed by atoms with Gasteiger partial charge in [0.2, 0.25) is 0 Å². The maximum absolute atomic E-state index is 12.4. The van der Waals surface area contributed by atoms with Crippen molar-refractivity contribution in [2.24, 2.45) is 0 Å². The number of benzene rings is 1. The summed E-state index contributed by atoms with van der Waals surface area (Å²) >= 11 is 0. The second-order valence-corrected chi connectivity index (χ2v) is 6.10. The Balaban J connectivity index is 3.33. The quantitative estimate of drug-likeness (QED) is 0.663. The van der Waals surface area contributed by atoms with Crippen molar-refractivity contribution >= 4 is 16.0 Å². The highest BCUT2D eigenvalue weighted by Gasteiger charge is 2.24. The molecule has 0 amide bonds. The van der Waals surface area contributed by atoms with Crippen molar-refractivity contribution in [1.82, 2.24) is 4.31 Å². The molecule has 0 spiro atoms. The fourth-order valence-electron chi connectivity index (χ4n) is 1.56. The van der Waals surface area contributed by atoms with Gasteiger partial charge in [0.1, 0.15) is 11.3 Å². The number of allylic oxidation sites excluding steroid dienone is 2. The molecule has 0 aliphatic carbocycles. The van der Waals surface area contributed by atoms with Gasteiger partial charge in [0.25, 0.3) is 10.0 Å². The van der Waals surface area contributed by atoms with Crippen molar-refractivity contribution in [3.05, 3.63) is 48.2 Å². The largest absolute Gasteiger partial charge is 0.507 e. The monoisotopic (exact) mass is 311 g/mol. The molecule has 1 aromatic rings. The molecule has 0 saturated carbocycles. The summed E-state index contributed by atoms with van der Waals surface area (Å²) in [6.07, 6.45) is 3.20. The molecule has 114 valence electrons.